The van der Waals surface area contributed by atoms with Crippen LogP contribution in [0.15, 0.2) is 30.3 Å². The van der Waals surface area contributed by atoms with Crippen LogP contribution in [-0.4, -0.2) is 69.1 Å². The Bertz CT molecular complexity index is 859. The van der Waals surface area contributed by atoms with Crippen LogP contribution in [0, 0.1) is 11.8 Å². The molecular formula is C25H40N4O6. The van der Waals surface area contributed by atoms with E-state index in [2.05, 4.69) is 5.32 Å². The number of carbonyl (C=O) groups excluding carboxylic acids is 3. The van der Waals surface area contributed by atoms with Crippen LogP contribution in [0.3, 0.4) is 0 Å². The van der Waals surface area contributed by atoms with Crippen molar-refractivity contribution in [3.63, 3.8) is 0 Å². The third-order valence-electron chi connectivity index (χ3n) is 5.83. The van der Waals surface area contributed by atoms with Crippen LogP contribution in [0.1, 0.15) is 53.0 Å². The predicted octanol–water partition coefficient (Wildman–Crippen LogP) is 0.650. The second-order valence-corrected chi connectivity index (χ2v) is 9.60. The summed E-state index contributed by atoms with van der Waals surface area (Å²) in [5, 5.41) is 23.3. The Morgan fingerprint density at radius 2 is 1.54 bits per heavy atom. The average molecular weight is 493 g/mol. The Hall–Kier alpha value is -2.82. The van der Waals surface area contributed by atoms with Gasteiger partial charge in [-0.25, -0.2) is 4.79 Å². The zero-order chi connectivity index (χ0) is 26.9. The summed E-state index contributed by atoms with van der Waals surface area (Å²) in [4.78, 5) is 51.0. The van der Waals surface area contributed by atoms with Gasteiger partial charge in [0.05, 0.1) is 24.2 Å². The maximum Gasteiger partial charge on any atom is 0.327 e. The molecule has 0 aromatic heterocycles. The SMILES string of the molecule is CC(N)C(=O)NC(Cc1ccccc1)C(O)CCC(=O)N(C(=O)C(N)C(C)C)C(C(=O)O)C(C)C. The van der Waals surface area contributed by atoms with Crippen molar-refractivity contribution >= 4 is 23.7 Å². The Balaban J connectivity index is 3.10. The van der Waals surface area contributed by atoms with Crippen molar-refractivity contribution in [2.45, 2.75) is 84.2 Å². The topological polar surface area (TPSA) is 176 Å². The third-order valence-corrected chi connectivity index (χ3v) is 5.83. The van der Waals surface area contributed by atoms with E-state index in [-0.39, 0.29) is 18.8 Å². The highest BCUT2D eigenvalue weighted by Crippen LogP contribution is 2.19. The van der Waals surface area contributed by atoms with Crippen molar-refractivity contribution in [2.24, 2.45) is 23.3 Å². The van der Waals surface area contributed by atoms with Gasteiger partial charge in [-0.15, -0.1) is 0 Å². The summed E-state index contributed by atoms with van der Waals surface area (Å²) in [5.41, 5.74) is 12.5. The number of nitrogens with two attached hydrogens (primary N) is 2. The molecule has 0 heterocycles. The van der Waals surface area contributed by atoms with Crippen LogP contribution in [-0.2, 0) is 25.6 Å². The number of nitrogens with zero attached hydrogens (tertiary/aromatic N) is 1. The molecule has 1 aromatic carbocycles. The number of nitrogens with one attached hydrogen (secondary N) is 1. The quantitative estimate of drug-likeness (QED) is 0.266. The van der Waals surface area contributed by atoms with Crippen LogP contribution in [0.5, 0.6) is 0 Å². The molecule has 7 N–H and O–H groups in total. The number of aliphatic hydroxyl groups is 1. The molecule has 0 bridgehead atoms. The van der Waals surface area contributed by atoms with Gasteiger partial charge in [0, 0.05) is 6.42 Å². The normalized spacial score (nSPS) is 15.7. The smallest absolute Gasteiger partial charge is 0.327 e. The highest BCUT2D eigenvalue weighted by Gasteiger charge is 2.39. The summed E-state index contributed by atoms with van der Waals surface area (Å²) in [6.45, 7) is 8.12. The number of hydrogen-bond donors (Lipinski definition) is 5. The lowest BCUT2D eigenvalue weighted by Gasteiger charge is -2.33. The second-order valence-electron chi connectivity index (χ2n) is 9.60. The van der Waals surface area contributed by atoms with Crippen molar-refractivity contribution in [2.75, 3.05) is 0 Å². The Morgan fingerprint density at radius 3 is 2.00 bits per heavy atom. The molecule has 0 aliphatic carbocycles. The van der Waals surface area contributed by atoms with Crippen LogP contribution < -0.4 is 16.8 Å². The molecule has 35 heavy (non-hydrogen) atoms. The first-order valence-electron chi connectivity index (χ1n) is 11.9. The Morgan fingerprint density at radius 1 is 0.971 bits per heavy atom. The number of carboxylic acids is 1. The molecule has 0 spiro atoms. The molecule has 3 amide bonds. The molecule has 10 heteroatoms. The van der Waals surface area contributed by atoms with E-state index in [4.69, 9.17) is 11.5 Å². The van der Waals surface area contributed by atoms with Crippen molar-refractivity contribution in [3.8, 4) is 0 Å². The van der Waals surface area contributed by atoms with E-state index in [0.29, 0.717) is 6.42 Å². The van der Waals surface area contributed by atoms with Crippen molar-refractivity contribution in [1.82, 2.24) is 10.2 Å². The van der Waals surface area contributed by atoms with Crippen molar-refractivity contribution in [1.29, 1.82) is 0 Å². The molecule has 1 rings (SSSR count). The Labute approximate surface area is 207 Å². The molecule has 0 aliphatic heterocycles. The van der Waals surface area contributed by atoms with Gasteiger partial charge < -0.3 is 27.0 Å². The summed E-state index contributed by atoms with van der Waals surface area (Å²) < 4.78 is 0. The maximum absolute atomic E-state index is 13.1. The van der Waals surface area contributed by atoms with Crippen LogP contribution in [0.4, 0.5) is 0 Å². The molecule has 1 aromatic rings. The Kier molecular flexibility index (Phi) is 12.0. The molecular weight excluding hydrogens is 452 g/mol. The minimum atomic E-state index is -1.39. The van der Waals surface area contributed by atoms with E-state index in [1.807, 2.05) is 30.3 Å². The van der Waals surface area contributed by atoms with Crippen LogP contribution in [0.2, 0.25) is 0 Å². The lowest BCUT2D eigenvalue weighted by Crippen LogP contribution is -2.57. The largest absolute Gasteiger partial charge is 0.480 e. The molecule has 0 fully saturated rings. The van der Waals surface area contributed by atoms with E-state index in [9.17, 15) is 29.4 Å². The summed E-state index contributed by atoms with van der Waals surface area (Å²) in [7, 11) is 0. The van der Waals surface area contributed by atoms with Gasteiger partial charge in [-0.05, 0) is 37.2 Å². The monoisotopic (exact) mass is 492 g/mol. The first kappa shape index (κ1) is 30.2. The highest BCUT2D eigenvalue weighted by molar-refractivity contribution is 6.01. The van der Waals surface area contributed by atoms with E-state index in [0.717, 1.165) is 10.5 Å². The standard InChI is InChI=1S/C25H40N4O6/c1-14(2)21(27)24(33)29(22(15(3)4)25(34)35)20(31)12-11-19(30)18(28-23(32)16(5)26)13-17-9-7-6-8-10-17/h6-10,14-16,18-19,21-22,30H,11-13,26-27H2,1-5H3,(H,28,32)(H,34,35). The highest BCUT2D eigenvalue weighted by atomic mass is 16.4. The van der Waals surface area contributed by atoms with Gasteiger partial charge in [0.2, 0.25) is 17.7 Å². The van der Waals surface area contributed by atoms with Gasteiger partial charge in [-0.3, -0.25) is 19.3 Å². The molecule has 0 saturated carbocycles. The van der Waals surface area contributed by atoms with Gasteiger partial charge in [0.15, 0.2) is 0 Å². The zero-order valence-electron chi connectivity index (χ0n) is 21.2. The maximum atomic E-state index is 13.1. The van der Waals surface area contributed by atoms with Gasteiger partial charge in [0.1, 0.15) is 6.04 Å². The number of hydrogen-bond acceptors (Lipinski definition) is 7. The van der Waals surface area contributed by atoms with Gasteiger partial charge in [-0.1, -0.05) is 58.0 Å². The lowest BCUT2D eigenvalue weighted by atomic mass is 9.95. The summed E-state index contributed by atoms with van der Waals surface area (Å²) in [6, 6.07) is 5.20. The number of imide groups is 1. The first-order chi connectivity index (χ1) is 16.3. The van der Waals surface area contributed by atoms with Crippen molar-refractivity contribution in [3.05, 3.63) is 35.9 Å². The molecule has 5 unspecified atom stereocenters. The molecule has 0 aliphatic rings. The summed E-state index contributed by atoms with van der Waals surface area (Å²) in [6.07, 6.45) is -1.28. The minimum Gasteiger partial charge on any atom is -0.480 e. The fourth-order valence-corrected chi connectivity index (χ4v) is 3.61. The third kappa shape index (κ3) is 9.04. The number of carboxylic acid groups (broad SMARTS) is 1. The number of aliphatic hydroxyl groups excluding tert-OH is 1. The van der Waals surface area contributed by atoms with Gasteiger partial charge in [0.25, 0.3) is 0 Å². The number of aliphatic carboxylic acids is 1. The molecule has 10 nitrogen and oxygen atoms in total. The van der Waals surface area contributed by atoms with E-state index in [1.54, 1.807) is 27.7 Å². The van der Waals surface area contributed by atoms with Crippen LogP contribution in [0.25, 0.3) is 0 Å². The van der Waals surface area contributed by atoms with Gasteiger partial charge >= 0.3 is 5.97 Å². The molecule has 196 valence electrons. The van der Waals surface area contributed by atoms with Crippen LogP contribution >= 0.6 is 0 Å². The summed E-state index contributed by atoms with van der Waals surface area (Å²) >= 11 is 0. The fraction of sp³-hybridized carbons (Fsp3) is 0.600. The fourth-order valence-electron chi connectivity index (χ4n) is 3.61. The van der Waals surface area contributed by atoms with E-state index >= 15 is 0 Å². The minimum absolute atomic E-state index is 0.110. The molecule has 0 radical (unpaired) electrons. The number of carbonyl (C=O) groups is 4. The predicted molar refractivity (Wildman–Crippen MR) is 132 cm³/mol. The second kappa shape index (κ2) is 13.9. The van der Waals surface area contributed by atoms with E-state index < -0.39 is 59.9 Å². The molecule has 0 saturated heterocycles. The van der Waals surface area contributed by atoms with E-state index in [1.165, 1.54) is 6.92 Å². The number of amides is 3. The van der Waals surface area contributed by atoms with Gasteiger partial charge in [-0.2, -0.15) is 0 Å². The lowest BCUT2D eigenvalue weighted by molar-refractivity contribution is -0.161. The molecule has 5 atom stereocenters. The number of rotatable bonds is 13. The number of benzene rings is 1. The summed E-state index contributed by atoms with van der Waals surface area (Å²) in [5.74, 6) is -4.16. The van der Waals surface area contributed by atoms with Crippen molar-refractivity contribution < 1.29 is 29.4 Å². The average Bonchev–Trinajstić information content (AvgIpc) is 2.79. The first-order valence-corrected chi connectivity index (χ1v) is 11.9. The zero-order valence-corrected chi connectivity index (χ0v) is 21.2.